The lowest BCUT2D eigenvalue weighted by molar-refractivity contribution is 0.173. The lowest BCUT2D eigenvalue weighted by atomic mass is 10.1. The Labute approximate surface area is 71.0 Å². The highest BCUT2D eigenvalue weighted by atomic mass is 79.9. The van der Waals surface area contributed by atoms with Crippen molar-refractivity contribution in [2.45, 2.75) is 37.1 Å². The van der Waals surface area contributed by atoms with E-state index < -0.39 is 0 Å². The Balaban J connectivity index is 3.43. The molecule has 0 aromatic rings. The van der Waals surface area contributed by atoms with Crippen LogP contribution in [-0.2, 0) is 0 Å². The van der Waals surface area contributed by atoms with Gasteiger partial charge in [0.1, 0.15) is 4.83 Å². The molecule has 2 heteroatoms. The molecule has 0 amide bonds. The van der Waals surface area contributed by atoms with Gasteiger partial charge >= 0.3 is 0 Å². The van der Waals surface area contributed by atoms with Crippen molar-refractivity contribution in [3.05, 3.63) is 0 Å². The van der Waals surface area contributed by atoms with E-state index in [1.54, 1.807) is 0 Å². The summed E-state index contributed by atoms with van der Waals surface area (Å²) >= 11 is 3.19. The maximum atomic E-state index is 9.26. The molecule has 0 aliphatic heterocycles. The molecule has 0 aromatic carbocycles. The summed E-state index contributed by atoms with van der Waals surface area (Å²) in [4.78, 5) is -0.181. The molecule has 2 atom stereocenters. The van der Waals surface area contributed by atoms with Crippen molar-refractivity contribution in [1.29, 1.82) is 0 Å². The van der Waals surface area contributed by atoms with Gasteiger partial charge in [-0.25, -0.2) is 0 Å². The lowest BCUT2D eigenvalue weighted by Crippen LogP contribution is -2.17. The molecule has 0 spiro atoms. The largest absolute Gasteiger partial charge is 0.391 e. The van der Waals surface area contributed by atoms with Crippen LogP contribution in [0.3, 0.4) is 0 Å². The summed E-state index contributed by atoms with van der Waals surface area (Å²) in [5.41, 5.74) is 0. The monoisotopic (exact) mass is 204 g/mol. The third-order valence-corrected chi connectivity index (χ3v) is 2.23. The second-order valence-corrected chi connectivity index (χ2v) is 3.26. The van der Waals surface area contributed by atoms with Crippen LogP contribution in [0.1, 0.15) is 26.2 Å². The van der Waals surface area contributed by atoms with E-state index in [-0.39, 0.29) is 10.9 Å². The summed E-state index contributed by atoms with van der Waals surface area (Å²) in [6.45, 7) is 2.09. The van der Waals surface area contributed by atoms with Gasteiger partial charge in [-0.2, -0.15) is 0 Å². The molecule has 0 aromatic heterocycles. The fourth-order valence-corrected chi connectivity index (χ4v) is 0.935. The van der Waals surface area contributed by atoms with Crippen molar-refractivity contribution in [3.8, 4) is 12.3 Å². The summed E-state index contributed by atoms with van der Waals surface area (Å²) in [6, 6.07) is 0. The topological polar surface area (TPSA) is 20.2 Å². The minimum Gasteiger partial charge on any atom is -0.391 e. The van der Waals surface area contributed by atoms with Crippen LogP contribution < -0.4 is 0 Å². The number of terminal acetylenes is 1. The van der Waals surface area contributed by atoms with Crippen LogP contribution in [-0.4, -0.2) is 16.0 Å². The van der Waals surface area contributed by atoms with E-state index in [1.807, 2.05) is 0 Å². The molecule has 1 nitrogen and oxygen atoms in total. The molecule has 0 rings (SSSR count). The van der Waals surface area contributed by atoms with Crippen LogP contribution in [0.15, 0.2) is 0 Å². The number of aliphatic hydroxyl groups is 1. The van der Waals surface area contributed by atoms with Gasteiger partial charge < -0.3 is 5.11 Å². The zero-order chi connectivity index (χ0) is 7.98. The van der Waals surface area contributed by atoms with Crippen LogP contribution in [0.2, 0.25) is 0 Å². The predicted molar refractivity (Wildman–Crippen MR) is 47.1 cm³/mol. The minimum absolute atomic E-state index is 0.181. The molecule has 0 saturated carbocycles. The van der Waals surface area contributed by atoms with E-state index in [0.717, 1.165) is 19.3 Å². The van der Waals surface area contributed by atoms with Crippen LogP contribution in [0.4, 0.5) is 0 Å². The van der Waals surface area contributed by atoms with Gasteiger partial charge in [-0.05, 0) is 6.42 Å². The smallest absolute Gasteiger partial charge is 0.101 e. The zero-order valence-electron chi connectivity index (χ0n) is 6.18. The number of aliphatic hydroxyl groups excluding tert-OH is 1. The van der Waals surface area contributed by atoms with Crippen molar-refractivity contribution in [1.82, 2.24) is 0 Å². The Morgan fingerprint density at radius 2 is 2.30 bits per heavy atom. The summed E-state index contributed by atoms with van der Waals surface area (Å²) in [6.07, 6.45) is 7.62. The molecule has 2 unspecified atom stereocenters. The first-order chi connectivity index (χ1) is 4.72. The predicted octanol–water partition coefficient (Wildman–Crippen LogP) is 1.93. The van der Waals surface area contributed by atoms with Gasteiger partial charge in [0.15, 0.2) is 0 Å². The van der Waals surface area contributed by atoms with Gasteiger partial charge in [0.05, 0.1) is 6.10 Å². The molecule has 0 fully saturated rings. The summed E-state index contributed by atoms with van der Waals surface area (Å²) in [5.74, 6) is 2.44. The van der Waals surface area contributed by atoms with Crippen LogP contribution in [0.5, 0.6) is 0 Å². The molecule has 10 heavy (non-hydrogen) atoms. The zero-order valence-corrected chi connectivity index (χ0v) is 7.76. The standard InChI is InChI=1S/C8H13BrO/c1-3-5-6-8(10)7(9)4-2/h2,7-8,10H,3,5-6H2,1H3. The Bertz CT molecular complexity index is 117. The van der Waals surface area contributed by atoms with Crippen molar-refractivity contribution >= 4 is 15.9 Å². The van der Waals surface area contributed by atoms with Gasteiger partial charge in [-0.1, -0.05) is 41.6 Å². The molecule has 0 aliphatic carbocycles. The molecule has 58 valence electrons. The molecule has 1 N–H and O–H groups in total. The summed E-state index contributed by atoms with van der Waals surface area (Å²) in [7, 11) is 0. The Morgan fingerprint density at radius 1 is 1.70 bits per heavy atom. The number of hydrogen-bond donors (Lipinski definition) is 1. The number of alkyl halides is 1. The molecule has 0 saturated heterocycles. The minimum atomic E-state index is -0.384. The van der Waals surface area contributed by atoms with Crippen LogP contribution in [0.25, 0.3) is 0 Å². The first kappa shape index (κ1) is 10.0. The van der Waals surface area contributed by atoms with Gasteiger partial charge in [-0.3, -0.25) is 0 Å². The third kappa shape index (κ3) is 3.92. The maximum absolute atomic E-state index is 9.26. The quantitative estimate of drug-likeness (QED) is 0.549. The summed E-state index contributed by atoms with van der Waals surface area (Å²) in [5, 5.41) is 9.26. The van der Waals surface area contributed by atoms with Crippen molar-refractivity contribution in [2.75, 3.05) is 0 Å². The molecule has 0 aliphatic rings. The molecule has 0 heterocycles. The summed E-state index contributed by atoms with van der Waals surface area (Å²) < 4.78 is 0. The van der Waals surface area contributed by atoms with E-state index in [9.17, 15) is 5.11 Å². The lowest BCUT2D eigenvalue weighted by Gasteiger charge is -2.10. The van der Waals surface area contributed by atoms with Crippen molar-refractivity contribution < 1.29 is 5.11 Å². The van der Waals surface area contributed by atoms with E-state index in [0.29, 0.717) is 0 Å². The van der Waals surface area contributed by atoms with Gasteiger partial charge in [0.2, 0.25) is 0 Å². The molecule has 0 radical (unpaired) electrons. The first-order valence-electron chi connectivity index (χ1n) is 3.50. The second kappa shape index (κ2) is 5.76. The fourth-order valence-electron chi connectivity index (χ4n) is 0.671. The average molecular weight is 205 g/mol. The van der Waals surface area contributed by atoms with Gasteiger partial charge in [-0.15, -0.1) is 6.42 Å². The second-order valence-electron chi connectivity index (χ2n) is 2.28. The van der Waals surface area contributed by atoms with Crippen LogP contribution in [0, 0.1) is 12.3 Å². The Kier molecular flexibility index (Phi) is 5.76. The highest BCUT2D eigenvalue weighted by Gasteiger charge is 2.11. The van der Waals surface area contributed by atoms with Gasteiger partial charge in [0.25, 0.3) is 0 Å². The number of unbranched alkanes of at least 4 members (excludes halogenated alkanes) is 1. The number of rotatable bonds is 4. The average Bonchev–Trinajstić information content (AvgIpc) is 1.98. The van der Waals surface area contributed by atoms with Gasteiger partial charge in [0, 0.05) is 0 Å². The number of hydrogen-bond acceptors (Lipinski definition) is 1. The fraction of sp³-hybridized carbons (Fsp3) is 0.750. The number of halogens is 1. The van der Waals surface area contributed by atoms with E-state index in [1.165, 1.54) is 0 Å². The Hall–Kier alpha value is -0.0000000000000000208. The van der Waals surface area contributed by atoms with E-state index >= 15 is 0 Å². The maximum Gasteiger partial charge on any atom is 0.101 e. The Morgan fingerprint density at radius 3 is 2.70 bits per heavy atom. The molecular formula is C8H13BrO. The highest BCUT2D eigenvalue weighted by molar-refractivity contribution is 9.09. The highest BCUT2D eigenvalue weighted by Crippen LogP contribution is 2.10. The normalized spacial score (nSPS) is 15.8. The van der Waals surface area contributed by atoms with Crippen LogP contribution >= 0.6 is 15.9 Å². The molecule has 0 bridgehead atoms. The van der Waals surface area contributed by atoms with E-state index in [2.05, 4.69) is 28.8 Å². The van der Waals surface area contributed by atoms with Crippen molar-refractivity contribution in [2.24, 2.45) is 0 Å². The first-order valence-corrected chi connectivity index (χ1v) is 4.42. The van der Waals surface area contributed by atoms with E-state index in [4.69, 9.17) is 6.42 Å². The molecular weight excluding hydrogens is 192 g/mol. The van der Waals surface area contributed by atoms with Crippen molar-refractivity contribution in [3.63, 3.8) is 0 Å². The SMILES string of the molecule is C#CC(Br)C(O)CCCC. The third-order valence-electron chi connectivity index (χ3n) is 1.35.